The fourth-order valence-corrected chi connectivity index (χ4v) is 1.21. The summed E-state index contributed by atoms with van der Waals surface area (Å²) in [7, 11) is 3.46. The summed E-state index contributed by atoms with van der Waals surface area (Å²) >= 11 is 0. The van der Waals surface area contributed by atoms with Gasteiger partial charge in [-0.25, -0.2) is 4.98 Å². The van der Waals surface area contributed by atoms with Crippen LogP contribution >= 0.6 is 0 Å². The third-order valence-electron chi connectivity index (χ3n) is 1.87. The molecule has 1 rings (SSSR count). The fourth-order valence-electron chi connectivity index (χ4n) is 1.21. The van der Waals surface area contributed by atoms with Crippen molar-refractivity contribution in [2.24, 2.45) is 0 Å². The summed E-state index contributed by atoms with van der Waals surface area (Å²) in [5.74, 6) is 0.609. The van der Waals surface area contributed by atoms with Gasteiger partial charge >= 0.3 is 0 Å². The number of aromatic nitrogens is 1. The Kier molecular flexibility index (Phi) is 3.66. The lowest BCUT2D eigenvalue weighted by Gasteiger charge is -2.15. The summed E-state index contributed by atoms with van der Waals surface area (Å²) in [5, 5.41) is 3.15. The minimum absolute atomic E-state index is 0.0359. The van der Waals surface area contributed by atoms with Gasteiger partial charge in [-0.3, -0.25) is 4.79 Å². The molecule has 1 aromatic heterocycles. The van der Waals surface area contributed by atoms with Crippen LogP contribution in [0.5, 0.6) is 0 Å². The minimum atomic E-state index is -0.0359. The Balaban J connectivity index is 3.01. The highest BCUT2D eigenvalue weighted by Crippen LogP contribution is 2.13. The summed E-state index contributed by atoms with van der Waals surface area (Å²) in [6.45, 7) is 4.02. The number of amides is 1. The van der Waals surface area contributed by atoms with Gasteiger partial charge in [0.2, 0.25) is 0 Å². The van der Waals surface area contributed by atoms with E-state index in [2.05, 4.69) is 10.3 Å². The van der Waals surface area contributed by atoms with E-state index in [-0.39, 0.29) is 11.9 Å². The van der Waals surface area contributed by atoms with Gasteiger partial charge in [-0.1, -0.05) is 0 Å². The molecule has 0 aliphatic carbocycles. The molecule has 4 heteroatoms. The van der Waals surface area contributed by atoms with Gasteiger partial charge in [0.05, 0.1) is 5.56 Å². The van der Waals surface area contributed by atoms with Crippen molar-refractivity contribution < 1.29 is 4.79 Å². The number of nitrogens with zero attached hydrogens (tertiary/aromatic N) is 2. The van der Waals surface area contributed by atoms with Crippen LogP contribution < -0.4 is 5.32 Å². The monoisotopic (exact) mass is 207 g/mol. The van der Waals surface area contributed by atoms with E-state index in [0.29, 0.717) is 11.4 Å². The normalized spacial score (nSPS) is 10.2. The van der Waals surface area contributed by atoms with Gasteiger partial charge in [0.15, 0.2) is 0 Å². The van der Waals surface area contributed by atoms with Crippen molar-refractivity contribution in [3.63, 3.8) is 0 Å². The Morgan fingerprint density at radius 1 is 1.47 bits per heavy atom. The molecule has 0 aromatic carbocycles. The molecule has 0 radical (unpaired) electrons. The largest absolute Gasteiger partial charge is 0.367 e. The maximum Gasteiger partial charge on any atom is 0.257 e. The van der Waals surface area contributed by atoms with Crippen LogP contribution in [0.4, 0.5) is 5.82 Å². The van der Waals surface area contributed by atoms with Crippen molar-refractivity contribution in [2.75, 3.05) is 19.4 Å². The van der Waals surface area contributed by atoms with Crippen molar-refractivity contribution in [2.45, 2.75) is 19.9 Å². The third-order valence-corrected chi connectivity index (χ3v) is 1.87. The Labute approximate surface area is 90.3 Å². The zero-order valence-corrected chi connectivity index (χ0v) is 9.61. The zero-order valence-electron chi connectivity index (χ0n) is 9.61. The minimum Gasteiger partial charge on any atom is -0.367 e. The molecule has 0 saturated heterocycles. The van der Waals surface area contributed by atoms with Crippen molar-refractivity contribution >= 4 is 11.7 Å². The van der Waals surface area contributed by atoms with Crippen molar-refractivity contribution in [1.82, 2.24) is 9.88 Å². The van der Waals surface area contributed by atoms with Crippen LogP contribution in [-0.4, -0.2) is 35.9 Å². The number of carbonyl (C=O) groups excluding carboxylic acids is 1. The lowest BCUT2D eigenvalue weighted by Crippen LogP contribution is -2.24. The highest BCUT2D eigenvalue weighted by molar-refractivity contribution is 5.98. The molecule has 1 aromatic rings. The topological polar surface area (TPSA) is 45.2 Å². The van der Waals surface area contributed by atoms with Gasteiger partial charge in [-0.2, -0.15) is 0 Å². The van der Waals surface area contributed by atoms with Gasteiger partial charge in [0, 0.05) is 26.3 Å². The zero-order chi connectivity index (χ0) is 11.4. The second-order valence-corrected chi connectivity index (χ2v) is 3.90. The van der Waals surface area contributed by atoms with E-state index >= 15 is 0 Å². The first-order valence-electron chi connectivity index (χ1n) is 4.95. The first-order chi connectivity index (χ1) is 7.02. The summed E-state index contributed by atoms with van der Waals surface area (Å²) < 4.78 is 0. The molecule has 0 unspecified atom stereocenters. The third kappa shape index (κ3) is 2.94. The van der Waals surface area contributed by atoms with E-state index in [4.69, 9.17) is 0 Å². The highest BCUT2D eigenvalue weighted by Gasteiger charge is 2.13. The molecule has 0 spiro atoms. The maximum atomic E-state index is 11.8. The SMILES string of the molecule is CC(C)Nc1ncccc1C(=O)N(C)C. The number of nitrogens with one attached hydrogen (secondary N) is 1. The average Bonchev–Trinajstić information content (AvgIpc) is 2.16. The van der Waals surface area contributed by atoms with E-state index in [9.17, 15) is 4.79 Å². The van der Waals surface area contributed by atoms with E-state index in [0.717, 1.165) is 0 Å². The predicted molar refractivity (Wildman–Crippen MR) is 61.0 cm³/mol. The van der Waals surface area contributed by atoms with Crippen LogP contribution in [0.3, 0.4) is 0 Å². The molecule has 15 heavy (non-hydrogen) atoms. The quantitative estimate of drug-likeness (QED) is 0.819. The first-order valence-corrected chi connectivity index (χ1v) is 4.95. The molecule has 4 nitrogen and oxygen atoms in total. The number of anilines is 1. The summed E-state index contributed by atoms with van der Waals surface area (Å²) in [6.07, 6.45) is 1.68. The van der Waals surface area contributed by atoms with Crippen LogP contribution in [0.2, 0.25) is 0 Å². The number of hydrogen-bond acceptors (Lipinski definition) is 3. The second kappa shape index (κ2) is 4.77. The number of pyridine rings is 1. The van der Waals surface area contributed by atoms with Gasteiger partial charge in [0.25, 0.3) is 5.91 Å². The summed E-state index contributed by atoms with van der Waals surface area (Å²) in [4.78, 5) is 17.5. The standard InChI is InChI=1S/C11H17N3O/c1-8(2)13-10-9(6-5-7-12-10)11(15)14(3)4/h5-8H,1-4H3,(H,12,13). The lowest BCUT2D eigenvalue weighted by atomic mass is 10.2. The molecule has 1 amide bonds. The van der Waals surface area contributed by atoms with E-state index in [1.807, 2.05) is 13.8 Å². The number of rotatable bonds is 3. The Morgan fingerprint density at radius 2 is 2.13 bits per heavy atom. The number of hydrogen-bond donors (Lipinski definition) is 1. The van der Waals surface area contributed by atoms with Gasteiger partial charge in [-0.05, 0) is 26.0 Å². The van der Waals surface area contributed by atoms with E-state index in [1.165, 1.54) is 0 Å². The van der Waals surface area contributed by atoms with Crippen molar-refractivity contribution in [3.05, 3.63) is 23.9 Å². The Hall–Kier alpha value is -1.58. The average molecular weight is 207 g/mol. The molecule has 1 heterocycles. The lowest BCUT2D eigenvalue weighted by molar-refractivity contribution is 0.0828. The molecule has 0 bridgehead atoms. The smallest absolute Gasteiger partial charge is 0.257 e. The highest BCUT2D eigenvalue weighted by atomic mass is 16.2. The van der Waals surface area contributed by atoms with Crippen LogP contribution in [0.1, 0.15) is 24.2 Å². The van der Waals surface area contributed by atoms with Crippen molar-refractivity contribution in [3.8, 4) is 0 Å². The maximum absolute atomic E-state index is 11.8. The van der Waals surface area contributed by atoms with E-state index in [1.54, 1.807) is 37.3 Å². The first kappa shape index (κ1) is 11.5. The summed E-state index contributed by atoms with van der Waals surface area (Å²) in [6, 6.07) is 3.80. The molecule has 0 fully saturated rings. The molecule has 1 N–H and O–H groups in total. The Morgan fingerprint density at radius 3 is 2.67 bits per heavy atom. The molecular weight excluding hydrogens is 190 g/mol. The molecule has 0 aliphatic rings. The van der Waals surface area contributed by atoms with Gasteiger partial charge in [0.1, 0.15) is 5.82 Å². The van der Waals surface area contributed by atoms with Gasteiger partial charge < -0.3 is 10.2 Å². The fraction of sp³-hybridized carbons (Fsp3) is 0.455. The Bertz CT molecular complexity index is 347. The number of carbonyl (C=O) groups is 1. The van der Waals surface area contributed by atoms with Crippen molar-refractivity contribution in [1.29, 1.82) is 0 Å². The van der Waals surface area contributed by atoms with Crippen LogP contribution in [0.25, 0.3) is 0 Å². The predicted octanol–water partition coefficient (Wildman–Crippen LogP) is 1.60. The van der Waals surface area contributed by atoms with E-state index < -0.39 is 0 Å². The second-order valence-electron chi connectivity index (χ2n) is 3.90. The van der Waals surface area contributed by atoms with Crippen LogP contribution in [0.15, 0.2) is 18.3 Å². The molecule has 0 aliphatic heterocycles. The molecular formula is C11H17N3O. The molecule has 0 atom stereocenters. The van der Waals surface area contributed by atoms with Gasteiger partial charge in [-0.15, -0.1) is 0 Å². The van der Waals surface area contributed by atoms with Crippen LogP contribution in [0, 0.1) is 0 Å². The van der Waals surface area contributed by atoms with Crippen LogP contribution in [-0.2, 0) is 0 Å². The molecule has 82 valence electrons. The summed E-state index contributed by atoms with van der Waals surface area (Å²) in [5.41, 5.74) is 0.608. The molecule has 0 saturated carbocycles.